The number of carbonyl (C=O) groups excluding carboxylic acids is 2. The van der Waals surface area contributed by atoms with E-state index in [2.05, 4.69) is 17.5 Å². The number of carbonyl (C=O) groups is 2. The van der Waals surface area contributed by atoms with Crippen molar-refractivity contribution in [3.05, 3.63) is 41.5 Å². The first-order valence-corrected chi connectivity index (χ1v) is 8.49. The molecule has 1 heterocycles. The number of hydrogen-bond donors (Lipinski definition) is 2. The largest absolute Gasteiger partial charge is 0.426 e. The van der Waals surface area contributed by atoms with Crippen LogP contribution in [0.1, 0.15) is 54.9 Å². The molecule has 0 bridgehead atoms. The molecule has 0 unspecified atom stereocenters. The molecule has 0 aliphatic carbocycles. The Balaban J connectivity index is 2.37. The van der Waals surface area contributed by atoms with Crippen molar-refractivity contribution in [2.45, 2.75) is 51.5 Å². The summed E-state index contributed by atoms with van der Waals surface area (Å²) in [4.78, 5) is 24.1. The van der Waals surface area contributed by atoms with Crippen LogP contribution in [0.15, 0.2) is 30.4 Å². The Kier molecular flexibility index (Phi) is 7.00. The second kappa shape index (κ2) is 9.23. The number of hydrogen-bond acceptors (Lipinski definition) is 4. The van der Waals surface area contributed by atoms with Gasteiger partial charge < -0.3 is 15.2 Å². The van der Waals surface area contributed by atoms with Crippen LogP contribution in [0.25, 0.3) is 0 Å². The van der Waals surface area contributed by atoms with Gasteiger partial charge in [-0.05, 0) is 43.7 Å². The zero-order chi connectivity index (χ0) is 17.4. The molecule has 1 aliphatic rings. The Labute approximate surface area is 142 Å². The summed E-state index contributed by atoms with van der Waals surface area (Å²) < 4.78 is 5.23. The number of aliphatic hydroxyl groups excluding tert-OH is 1. The monoisotopic (exact) mass is 331 g/mol. The third kappa shape index (κ3) is 5.20. The lowest BCUT2D eigenvalue weighted by molar-refractivity contribution is -0.131. The van der Waals surface area contributed by atoms with Crippen LogP contribution in [0.2, 0.25) is 0 Å². The van der Waals surface area contributed by atoms with Crippen molar-refractivity contribution in [1.29, 1.82) is 0 Å². The first-order valence-electron chi connectivity index (χ1n) is 8.49. The Hall–Kier alpha value is -2.14. The first-order chi connectivity index (χ1) is 11.6. The van der Waals surface area contributed by atoms with E-state index in [4.69, 9.17) is 4.74 Å². The zero-order valence-corrected chi connectivity index (χ0v) is 14.1. The fourth-order valence-electron chi connectivity index (χ4n) is 2.93. The van der Waals surface area contributed by atoms with Gasteiger partial charge in [-0.3, -0.25) is 9.59 Å². The van der Waals surface area contributed by atoms with Gasteiger partial charge in [0.05, 0.1) is 5.56 Å². The van der Waals surface area contributed by atoms with Crippen LogP contribution < -0.4 is 10.1 Å². The lowest BCUT2D eigenvalue weighted by atomic mass is 9.99. The standard InChI is InChI=1S/C19H25NO4/c1-14(22)24-17-11-7-9-15-8-5-3-2-4-6-10-16(12-13-21)20-19(23)18(15)17/h3,5,7,9,11,16,21H,2,4,6,8,10,12-13H2,1H3,(H,20,23)/b5-3+/t16-/m1/s1. The zero-order valence-electron chi connectivity index (χ0n) is 14.1. The van der Waals surface area contributed by atoms with Crippen LogP contribution in [-0.4, -0.2) is 29.6 Å². The molecule has 0 radical (unpaired) electrons. The second-order valence-electron chi connectivity index (χ2n) is 6.03. The quantitative estimate of drug-likeness (QED) is 0.507. The molecule has 130 valence electrons. The van der Waals surface area contributed by atoms with Gasteiger partial charge in [-0.2, -0.15) is 0 Å². The highest BCUT2D eigenvalue weighted by Crippen LogP contribution is 2.25. The normalized spacial score (nSPS) is 20.1. The van der Waals surface area contributed by atoms with Crippen molar-refractivity contribution in [3.8, 4) is 5.75 Å². The lowest BCUT2D eigenvalue weighted by Gasteiger charge is -2.20. The molecule has 0 saturated heterocycles. The van der Waals surface area contributed by atoms with Gasteiger partial charge >= 0.3 is 5.97 Å². The van der Waals surface area contributed by atoms with E-state index in [0.29, 0.717) is 18.4 Å². The van der Waals surface area contributed by atoms with Crippen LogP contribution in [0.5, 0.6) is 5.75 Å². The Morgan fingerprint density at radius 3 is 2.92 bits per heavy atom. The molecule has 2 rings (SSSR count). The van der Waals surface area contributed by atoms with Gasteiger partial charge in [-0.25, -0.2) is 0 Å². The van der Waals surface area contributed by atoms with Crippen LogP contribution in [0.4, 0.5) is 0 Å². The number of esters is 1. The average Bonchev–Trinajstić information content (AvgIpc) is 2.52. The Morgan fingerprint density at radius 2 is 2.17 bits per heavy atom. The summed E-state index contributed by atoms with van der Waals surface area (Å²) in [6, 6.07) is 5.22. The van der Waals surface area contributed by atoms with E-state index in [1.165, 1.54) is 6.92 Å². The van der Waals surface area contributed by atoms with Gasteiger partial charge in [0.25, 0.3) is 5.91 Å². The van der Waals surface area contributed by atoms with Crippen molar-refractivity contribution < 1.29 is 19.4 Å². The van der Waals surface area contributed by atoms with Crippen molar-refractivity contribution >= 4 is 11.9 Å². The summed E-state index contributed by atoms with van der Waals surface area (Å²) in [6.45, 7) is 1.35. The summed E-state index contributed by atoms with van der Waals surface area (Å²) in [6.07, 6.45) is 9.20. The Morgan fingerprint density at radius 1 is 1.33 bits per heavy atom. The van der Waals surface area contributed by atoms with E-state index >= 15 is 0 Å². The topological polar surface area (TPSA) is 75.6 Å². The second-order valence-corrected chi connectivity index (χ2v) is 6.03. The molecule has 5 heteroatoms. The summed E-state index contributed by atoms with van der Waals surface area (Å²) in [5, 5.41) is 12.2. The molecule has 2 N–H and O–H groups in total. The molecule has 1 aromatic carbocycles. The van der Waals surface area contributed by atoms with Crippen molar-refractivity contribution in [2.75, 3.05) is 6.61 Å². The smallest absolute Gasteiger partial charge is 0.308 e. The molecule has 0 fully saturated rings. The van der Waals surface area contributed by atoms with Crippen molar-refractivity contribution in [1.82, 2.24) is 5.32 Å². The minimum absolute atomic E-state index is 0.0311. The van der Waals surface area contributed by atoms with E-state index in [0.717, 1.165) is 31.2 Å². The van der Waals surface area contributed by atoms with Crippen LogP contribution in [-0.2, 0) is 11.2 Å². The van der Waals surface area contributed by atoms with Crippen molar-refractivity contribution in [2.24, 2.45) is 0 Å². The average molecular weight is 331 g/mol. The van der Waals surface area contributed by atoms with E-state index in [-0.39, 0.29) is 24.3 Å². The third-order valence-electron chi connectivity index (χ3n) is 4.08. The summed E-state index contributed by atoms with van der Waals surface area (Å²) >= 11 is 0. The van der Waals surface area contributed by atoms with Gasteiger partial charge in [-0.15, -0.1) is 0 Å². The highest BCUT2D eigenvalue weighted by Gasteiger charge is 2.21. The summed E-state index contributed by atoms with van der Waals surface area (Å²) in [7, 11) is 0. The van der Waals surface area contributed by atoms with E-state index in [1.807, 2.05) is 6.07 Å². The first kappa shape index (κ1) is 18.2. The molecular weight excluding hydrogens is 306 g/mol. The maximum Gasteiger partial charge on any atom is 0.308 e. The van der Waals surface area contributed by atoms with Gasteiger partial charge in [-0.1, -0.05) is 30.7 Å². The van der Waals surface area contributed by atoms with E-state index in [1.54, 1.807) is 12.1 Å². The number of nitrogens with one attached hydrogen (secondary N) is 1. The maximum absolute atomic E-state index is 12.8. The molecular formula is C19H25NO4. The minimum atomic E-state index is -0.454. The van der Waals surface area contributed by atoms with E-state index < -0.39 is 5.97 Å². The van der Waals surface area contributed by atoms with Gasteiger partial charge in [0.15, 0.2) is 0 Å². The minimum Gasteiger partial charge on any atom is -0.426 e. The fraction of sp³-hybridized carbons (Fsp3) is 0.474. The number of fused-ring (bicyclic) bond motifs is 1. The number of aliphatic hydroxyl groups is 1. The molecule has 5 nitrogen and oxygen atoms in total. The summed E-state index contributed by atoms with van der Waals surface area (Å²) in [5.74, 6) is -0.426. The molecule has 24 heavy (non-hydrogen) atoms. The fourth-order valence-corrected chi connectivity index (χ4v) is 2.93. The van der Waals surface area contributed by atoms with Crippen LogP contribution in [0.3, 0.4) is 0 Å². The maximum atomic E-state index is 12.8. The van der Waals surface area contributed by atoms with Crippen LogP contribution in [0, 0.1) is 0 Å². The molecule has 1 aliphatic heterocycles. The lowest BCUT2D eigenvalue weighted by Crippen LogP contribution is -2.36. The molecule has 1 amide bonds. The van der Waals surface area contributed by atoms with E-state index in [9.17, 15) is 14.7 Å². The predicted octanol–water partition coefficient (Wildman–Crippen LogP) is 2.77. The molecule has 0 spiro atoms. The molecule has 0 saturated carbocycles. The number of amides is 1. The SMILES string of the molecule is CC(=O)Oc1cccc2c1C(=O)N[C@@H](CCO)CCCC/C=C/C2. The van der Waals surface area contributed by atoms with Gasteiger partial charge in [0.2, 0.25) is 0 Å². The van der Waals surface area contributed by atoms with Gasteiger partial charge in [0, 0.05) is 19.6 Å². The molecule has 1 aromatic rings. The summed E-state index contributed by atoms with van der Waals surface area (Å²) in [5.41, 5.74) is 1.23. The molecule has 1 atom stereocenters. The highest BCUT2D eigenvalue weighted by atomic mass is 16.5. The van der Waals surface area contributed by atoms with Gasteiger partial charge in [0.1, 0.15) is 5.75 Å². The number of ether oxygens (including phenoxy) is 1. The molecule has 0 aromatic heterocycles. The number of allylic oxidation sites excluding steroid dienone is 2. The van der Waals surface area contributed by atoms with Crippen molar-refractivity contribution in [3.63, 3.8) is 0 Å². The highest BCUT2D eigenvalue weighted by molar-refractivity contribution is 5.99. The third-order valence-corrected chi connectivity index (χ3v) is 4.08. The number of benzene rings is 1. The number of rotatable bonds is 3. The van der Waals surface area contributed by atoms with Crippen LogP contribution >= 0.6 is 0 Å². The Bertz CT molecular complexity index is 609. The predicted molar refractivity (Wildman–Crippen MR) is 92.0 cm³/mol.